The Hall–Kier alpha value is -1.55. The van der Waals surface area contributed by atoms with Gasteiger partial charge in [0.05, 0.1) is 5.69 Å². The van der Waals surface area contributed by atoms with Crippen molar-refractivity contribution in [3.63, 3.8) is 0 Å². The molecule has 0 radical (unpaired) electrons. The molecule has 3 unspecified atom stereocenters. The molecule has 2 N–H and O–H groups in total. The molecular formula is C14H20N4. The third kappa shape index (κ3) is 1.86. The number of hydrogen-bond acceptors (Lipinski definition) is 3. The number of nitrogen functional groups attached to an aromatic ring is 1. The van der Waals surface area contributed by atoms with Gasteiger partial charge < -0.3 is 5.73 Å². The number of nitrogens with two attached hydrogens (primary N) is 1. The van der Waals surface area contributed by atoms with Crippen molar-refractivity contribution in [2.24, 2.45) is 13.0 Å². The molecule has 1 saturated heterocycles. The molecule has 0 spiro atoms. The van der Waals surface area contributed by atoms with Gasteiger partial charge in [0, 0.05) is 31.7 Å². The highest BCUT2D eigenvalue weighted by Crippen LogP contribution is 2.34. The summed E-state index contributed by atoms with van der Waals surface area (Å²) in [4.78, 5) is 2.54. The third-order valence-electron chi connectivity index (χ3n) is 4.12. The van der Waals surface area contributed by atoms with Crippen molar-refractivity contribution in [3.05, 3.63) is 36.1 Å². The van der Waals surface area contributed by atoms with Crippen LogP contribution in [0.25, 0.3) is 0 Å². The first-order valence-electron chi connectivity index (χ1n) is 6.54. The third-order valence-corrected chi connectivity index (χ3v) is 4.12. The minimum atomic E-state index is 0.529. The van der Waals surface area contributed by atoms with Crippen LogP contribution in [-0.2, 0) is 13.6 Å². The van der Waals surface area contributed by atoms with Gasteiger partial charge in [0.2, 0.25) is 0 Å². The van der Waals surface area contributed by atoms with E-state index in [4.69, 9.17) is 5.73 Å². The van der Waals surface area contributed by atoms with Gasteiger partial charge in [-0.1, -0.05) is 24.3 Å². The lowest BCUT2D eigenvalue weighted by Gasteiger charge is -2.28. The summed E-state index contributed by atoms with van der Waals surface area (Å²) in [6.45, 7) is 3.22. The molecule has 0 bridgehead atoms. The molecule has 0 amide bonds. The molecule has 2 aliphatic rings. The van der Waals surface area contributed by atoms with Crippen LogP contribution in [0.2, 0.25) is 0 Å². The number of likely N-dealkylation sites (tertiary alicyclic amines) is 1. The summed E-state index contributed by atoms with van der Waals surface area (Å²) in [7, 11) is 1.96. The van der Waals surface area contributed by atoms with Gasteiger partial charge in [0.15, 0.2) is 0 Å². The molecule has 4 heteroatoms. The lowest BCUT2D eigenvalue weighted by molar-refractivity contribution is 0.209. The van der Waals surface area contributed by atoms with Gasteiger partial charge in [0.1, 0.15) is 5.82 Å². The van der Waals surface area contributed by atoms with Crippen LogP contribution in [-0.4, -0.2) is 26.8 Å². The van der Waals surface area contributed by atoms with Crippen LogP contribution in [0, 0.1) is 5.92 Å². The lowest BCUT2D eigenvalue weighted by Crippen LogP contribution is -2.35. The fraction of sp³-hybridized carbons (Fsp3) is 0.500. The zero-order valence-electron chi connectivity index (χ0n) is 11.0. The highest BCUT2D eigenvalue weighted by Gasteiger charge is 2.36. The van der Waals surface area contributed by atoms with Gasteiger partial charge in [-0.3, -0.25) is 9.58 Å². The zero-order chi connectivity index (χ0) is 12.7. The van der Waals surface area contributed by atoms with E-state index in [-0.39, 0.29) is 0 Å². The molecule has 0 saturated carbocycles. The van der Waals surface area contributed by atoms with E-state index in [2.05, 4.69) is 41.2 Å². The predicted octanol–water partition coefficient (Wildman–Crippen LogP) is 1.71. The van der Waals surface area contributed by atoms with Crippen LogP contribution in [0.15, 0.2) is 30.4 Å². The first-order chi connectivity index (χ1) is 8.65. The van der Waals surface area contributed by atoms with Gasteiger partial charge in [-0.25, -0.2) is 0 Å². The van der Waals surface area contributed by atoms with E-state index in [1.54, 1.807) is 0 Å². The predicted molar refractivity (Wildman–Crippen MR) is 72.8 cm³/mol. The first kappa shape index (κ1) is 11.5. The summed E-state index contributed by atoms with van der Waals surface area (Å²) < 4.78 is 1.89. The van der Waals surface area contributed by atoms with Gasteiger partial charge in [-0.05, 0) is 19.3 Å². The summed E-state index contributed by atoms with van der Waals surface area (Å²) in [5.41, 5.74) is 6.93. The fourth-order valence-electron chi connectivity index (χ4n) is 3.17. The second kappa shape index (κ2) is 4.28. The smallest absolute Gasteiger partial charge is 0.145 e. The lowest BCUT2D eigenvalue weighted by atomic mass is 9.95. The van der Waals surface area contributed by atoms with Crippen molar-refractivity contribution < 1.29 is 0 Å². The molecule has 1 aromatic heterocycles. The molecule has 0 aromatic carbocycles. The fourth-order valence-corrected chi connectivity index (χ4v) is 3.17. The first-order valence-corrected chi connectivity index (χ1v) is 6.54. The van der Waals surface area contributed by atoms with Gasteiger partial charge in [-0.15, -0.1) is 0 Å². The van der Waals surface area contributed by atoms with Crippen LogP contribution in [0.4, 0.5) is 5.82 Å². The van der Waals surface area contributed by atoms with Crippen molar-refractivity contribution >= 4 is 5.82 Å². The Morgan fingerprint density at radius 1 is 1.39 bits per heavy atom. The van der Waals surface area contributed by atoms with Gasteiger partial charge in [0.25, 0.3) is 0 Å². The van der Waals surface area contributed by atoms with Crippen LogP contribution in [0.5, 0.6) is 0 Å². The molecule has 18 heavy (non-hydrogen) atoms. The van der Waals surface area contributed by atoms with E-state index in [0.717, 1.165) is 6.54 Å². The maximum atomic E-state index is 5.74. The van der Waals surface area contributed by atoms with Crippen LogP contribution < -0.4 is 5.73 Å². The van der Waals surface area contributed by atoms with E-state index in [1.165, 1.54) is 12.1 Å². The number of aromatic nitrogens is 2. The highest BCUT2D eigenvalue weighted by molar-refractivity contribution is 5.30. The van der Waals surface area contributed by atoms with Gasteiger partial charge >= 0.3 is 0 Å². The minimum Gasteiger partial charge on any atom is -0.382 e. The minimum absolute atomic E-state index is 0.529. The molecule has 1 aliphatic carbocycles. The average Bonchev–Trinajstić information content (AvgIpc) is 2.81. The second-order valence-corrected chi connectivity index (χ2v) is 5.37. The molecule has 3 rings (SSSR count). The maximum absolute atomic E-state index is 5.74. The van der Waals surface area contributed by atoms with E-state index in [1.807, 2.05) is 17.8 Å². The van der Waals surface area contributed by atoms with Crippen molar-refractivity contribution in [3.8, 4) is 0 Å². The Labute approximate surface area is 108 Å². The van der Waals surface area contributed by atoms with Crippen molar-refractivity contribution in [1.82, 2.24) is 14.7 Å². The standard InChI is InChI=1S/C14H20N4/c1-10-7-11-5-3-4-6-13(11)18(10)9-12-8-14(15)16-17(12)2/h3-6,8,10-11,13H,7,9H2,1-2H3,(H2,15,16). The number of allylic oxidation sites excluding steroid dienone is 2. The van der Waals surface area contributed by atoms with E-state index in [0.29, 0.717) is 23.8 Å². The van der Waals surface area contributed by atoms with Crippen LogP contribution in [0.1, 0.15) is 19.0 Å². The van der Waals surface area contributed by atoms with E-state index >= 15 is 0 Å². The van der Waals surface area contributed by atoms with E-state index in [9.17, 15) is 0 Å². The number of hydrogen-bond donors (Lipinski definition) is 1. The molecule has 1 fully saturated rings. The highest BCUT2D eigenvalue weighted by atomic mass is 15.3. The number of rotatable bonds is 2. The topological polar surface area (TPSA) is 47.1 Å². The Bertz CT molecular complexity index is 500. The number of aryl methyl sites for hydroxylation is 1. The van der Waals surface area contributed by atoms with Crippen molar-refractivity contribution in [1.29, 1.82) is 0 Å². The second-order valence-electron chi connectivity index (χ2n) is 5.37. The number of anilines is 1. The average molecular weight is 244 g/mol. The maximum Gasteiger partial charge on any atom is 0.145 e. The Morgan fingerprint density at radius 2 is 2.17 bits per heavy atom. The Balaban J connectivity index is 1.82. The summed E-state index contributed by atoms with van der Waals surface area (Å²) in [6.07, 6.45) is 10.2. The van der Waals surface area contributed by atoms with Crippen LogP contribution in [0.3, 0.4) is 0 Å². The molecule has 4 nitrogen and oxygen atoms in total. The molecule has 96 valence electrons. The molecule has 1 aromatic rings. The summed E-state index contributed by atoms with van der Waals surface area (Å²) in [5.74, 6) is 1.27. The monoisotopic (exact) mass is 244 g/mol. The van der Waals surface area contributed by atoms with Crippen molar-refractivity contribution in [2.45, 2.75) is 32.0 Å². The van der Waals surface area contributed by atoms with Crippen molar-refractivity contribution in [2.75, 3.05) is 5.73 Å². The molecular weight excluding hydrogens is 224 g/mol. The summed E-state index contributed by atoms with van der Waals surface area (Å²) in [6, 6.07) is 3.10. The SMILES string of the molecule is CC1CC2C=CC=CC2N1Cc1cc(N)nn1C. The largest absolute Gasteiger partial charge is 0.382 e. The Kier molecular flexibility index (Phi) is 2.74. The number of fused-ring (bicyclic) bond motifs is 1. The normalized spacial score (nSPS) is 30.9. The van der Waals surface area contributed by atoms with Crippen LogP contribution >= 0.6 is 0 Å². The molecule has 1 aliphatic heterocycles. The number of nitrogens with zero attached hydrogens (tertiary/aromatic N) is 3. The molecule has 3 atom stereocenters. The Morgan fingerprint density at radius 3 is 2.89 bits per heavy atom. The zero-order valence-corrected chi connectivity index (χ0v) is 11.0. The summed E-state index contributed by atoms with van der Waals surface area (Å²) >= 11 is 0. The summed E-state index contributed by atoms with van der Waals surface area (Å²) in [5, 5.41) is 4.22. The van der Waals surface area contributed by atoms with Gasteiger partial charge in [-0.2, -0.15) is 5.10 Å². The van der Waals surface area contributed by atoms with E-state index < -0.39 is 0 Å². The molecule has 2 heterocycles. The quantitative estimate of drug-likeness (QED) is 0.861.